The zero-order valence-corrected chi connectivity index (χ0v) is 6.42. The normalized spacial score (nSPS) is 26.3. The second kappa shape index (κ2) is 3.72. The van der Waals surface area contributed by atoms with Gasteiger partial charge >= 0.3 is 0 Å². The highest BCUT2D eigenvalue weighted by molar-refractivity contribution is 5.85. The first kappa shape index (κ1) is 8.76. The highest BCUT2D eigenvalue weighted by Crippen LogP contribution is 2.09. The highest BCUT2D eigenvalue weighted by atomic mass is 35.5. The van der Waals surface area contributed by atoms with E-state index in [1.807, 2.05) is 0 Å². The van der Waals surface area contributed by atoms with Gasteiger partial charge in [0.15, 0.2) is 0 Å². The Morgan fingerprint density at radius 2 is 2.33 bits per heavy atom. The van der Waals surface area contributed by atoms with Crippen LogP contribution < -0.4 is 5.32 Å². The molecule has 0 spiro atoms. The maximum atomic E-state index is 7.21. The van der Waals surface area contributed by atoms with Gasteiger partial charge < -0.3 is 5.32 Å². The molecule has 1 heterocycles. The standard InChI is InChI=1S/C6H12N2.ClH/c1-5-2-3-8-6(7)4-5;/h5H,2-4H2,1H3,(H2,7,8);1H. The van der Waals surface area contributed by atoms with Crippen molar-refractivity contribution in [2.75, 3.05) is 6.54 Å². The number of amidine groups is 1. The zero-order valence-electron chi connectivity index (χ0n) is 5.61. The van der Waals surface area contributed by atoms with E-state index in [4.69, 9.17) is 5.41 Å². The van der Waals surface area contributed by atoms with Gasteiger partial charge in [-0.05, 0) is 12.3 Å². The van der Waals surface area contributed by atoms with Gasteiger partial charge in [0.1, 0.15) is 0 Å². The van der Waals surface area contributed by atoms with Gasteiger partial charge in [0.2, 0.25) is 0 Å². The lowest BCUT2D eigenvalue weighted by atomic mass is 10.0. The maximum Gasteiger partial charge on any atom is 0.0934 e. The summed E-state index contributed by atoms with van der Waals surface area (Å²) in [6.45, 7) is 3.19. The molecule has 0 aliphatic carbocycles. The third kappa shape index (κ3) is 2.70. The molecule has 1 rings (SSSR count). The van der Waals surface area contributed by atoms with Crippen molar-refractivity contribution in [2.24, 2.45) is 5.92 Å². The summed E-state index contributed by atoms with van der Waals surface area (Å²) in [7, 11) is 0. The van der Waals surface area contributed by atoms with Gasteiger partial charge in [0.25, 0.3) is 0 Å². The SMILES string of the molecule is CC1CCNC(=N)C1.Cl. The summed E-state index contributed by atoms with van der Waals surface area (Å²) >= 11 is 0. The molecule has 0 aromatic rings. The molecule has 1 unspecified atom stereocenters. The molecule has 0 bridgehead atoms. The summed E-state index contributed by atoms with van der Waals surface area (Å²) in [6.07, 6.45) is 2.17. The Morgan fingerprint density at radius 1 is 1.67 bits per heavy atom. The maximum absolute atomic E-state index is 7.21. The van der Waals surface area contributed by atoms with E-state index in [2.05, 4.69) is 12.2 Å². The van der Waals surface area contributed by atoms with Crippen LogP contribution in [0, 0.1) is 11.3 Å². The minimum absolute atomic E-state index is 0. The van der Waals surface area contributed by atoms with E-state index in [0.717, 1.165) is 18.9 Å². The number of halogens is 1. The second-order valence-corrected chi connectivity index (χ2v) is 2.50. The van der Waals surface area contributed by atoms with Crippen LogP contribution in [0.5, 0.6) is 0 Å². The van der Waals surface area contributed by atoms with Gasteiger partial charge in [-0.2, -0.15) is 0 Å². The molecule has 1 saturated heterocycles. The fraction of sp³-hybridized carbons (Fsp3) is 0.833. The first-order valence-electron chi connectivity index (χ1n) is 3.10. The molecule has 2 nitrogen and oxygen atoms in total. The minimum atomic E-state index is 0. The lowest BCUT2D eigenvalue weighted by Crippen LogP contribution is -2.31. The molecule has 3 heteroatoms. The lowest BCUT2D eigenvalue weighted by molar-refractivity contribution is 0.504. The largest absolute Gasteiger partial charge is 0.374 e. The van der Waals surface area contributed by atoms with E-state index in [1.54, 1.807) is 0 Å². The van der Waals surface area contributed by atoms with Crippen LogP contribution in [0.4, 0.5) is 0 Å². The Kier molecular flexibility index (Phi) is 3.62. The van der Waals surface area contributed by atoms with Crippen molar-refractivity contribution in [1.82, 2.24) is 5.32 Å². The predicted octanol–water partition coefficient (Wildman–Crippen LogP) is 1.40. The number of nitrogens with one attached hydrogen (secondary N) is 2. The molecule has 1 atom stereocenters. The molecule has 1 aliphatic rings. The third-order valence-corrected chi connectivity index (χ3v) is 1.53. The Hall–Kier alpha value is -0.240. The van der Waals surface area contributed by atoms with Crippen LogP contribution in [-0.4, -0.2) is 12.4 Å². The molecule has 0 radical (unpaired) electrons. The van der Waals surface area contributed by atoms with Crippen molar-refractivity contribution in [3.8, 4) is 0 Å². The van der Waals surface area contributed by atoms with Crippen molar-refractivity contribution in [3.05, 3.63) is 0 Å². The summed E-state index contributed by atoms with van der Waals surface area (Å²) in [4.78, 5) is 0. The van der Waals surface area contributed by atoms with Crippen molar-refractivity contribution >= 4 is 18.2 Å². The van der Waals surface area contributed by atoms with Gasteiger partial charge in [-0.3, -0.25) is 5.41 Å². The second-order valence-electron chi connectivity index (χ2n) is 2.50. The molecular weight excluding hydrogens is 136 g/mol. The smallest absolute Gasteiger partial charge is 0.0934 e. The van der Waals surface area contributed by atoms with Crippen LogP contribution in [0.25, 0.3) is 0 Å². The summed E-state index contributed by atoms with van der Waals surface area (Å²) < 4.78 is 0. The van der Waals surface area contributed by atoms with Crippen molar-refractivity contribution in [2.45, 2.75) is 19.8 Å². The lowest BCUT2D eigenvalue weighted by Gasteiger charge is -2.19. The van der Waals surface area contributed by atoms with E-state index in [9.17, 15) is 0 Å². The molecule has 0 amide bonds. The highest BCUT2D eigenvalue weighted by Gasteiger charge is 2.10. The Morgan fingerprint density at radius 3 is 2.67 bits per heavy atom. The molecule has 2 N–H and O–H groups in total. The molecule has 0 aromatic heterocycles. The summed E-state index contributed by atoms with van der Waals surface area (Å²) in [5.41, 5.74) is 0. The van der Waals surface area contributed by atoms with Crippen molar-refractivity contribution < 1.29 is 0 Å². The van der Waals surface area contributed by atoms with Crippen LogP contribution in [0.2, 0.25) is 0 Å². The van der Waals surface area contributed by atoms with Gasteiger partial charge in [-0.1, -0.05) is 6.92 Å². The first-order valence-corrected chi connectivity index (χ1v) is 3.10. The van der Waals surface area contributed by atoms with Gasteiger partial charge in [0, 0.05) is 13.0 Å². The first-order chi connectivity index (χ1) is 3.79. The van der Waals surface area contributed by atoms with Crippen LogP contribution in [0.3, 0.4) is 0 Å². The molecule has 54 valence electrons. The van der Waals surface area contributed by atoms with E-state index in [1.165, 1.54) is 6.42 Å². The molecule has 0 aromatic carbocycles. The molecular formula is C6H13ClN2. The Bertz CT molecular complexity index is 103. The Labute approximate surface area is 61.9 Å². The van der Waals surface area contributed by atoms with E-state index in [0.29, 0.717) is 5.84 Å². The average molecular weight is 149 g/mol. The monoisotopic (exact) mass is 148 g/mol. The number of rotatable bonds is 0. The molecule has 1 fully saturated rings. The number of hydrogen-bond donors (Lipinski definition) is 2. The van der Waals surface area contributed by atoms with Crippen LogP contribution in [0.15, 0.2) is 0 Å². The number of piperidine rings is 1. The van der Waals surface area contributed by atoms with E-state index >= 15 is 0 Å². The van der Waals surface area contributed by atoms with E-state index < -0.39 is 0 Å². The number of hydrogen-bond acceptors (Lipinski definition) is 1. The van der Waals surface area contributed by atoms with Gasteiger partial charge in [-0.15, -0.1) is 12.4 Å². The fourth-order valence-electron chi connectivity index (χ4n) is 0.992. The van der Waals surface area contributed by atoms with Gasteiger partial charge in [0.05, 0.1) is 5.84 Å². The van der Waals surface area contributed by atoms with Crippen LogP contribution in [-0.2, 0) is 0 Å². The van der Waals surface area contributed by atoms with Crippen molar-refractivity contribution in [3.63, 3.8) is 0 Å². The van der Waals surface area contributed by atoms with Crippen LogP contribution in [0.1, 0.15) is 19.8 Å². The third-order valence-electron chi connectivity index (χ3n) is 1.53. The quantitative estimate of drug-likeness (QED) is 0.536. The molecule has 1 aliphatic heterocycles. The summed E-state index contributed by atoms with van der Waals surface area (Å²) in [5, 5.41) is 10.2. The zero-order chi connectivity index (χ0) is 5.98. The van der Waals surface area contributed by atoms with Crippen LogP contribution >= 0.6 is 12.4 Å². The van der Waals surface area contributed by atoms with Crippen molar-refractivity contribution in [1.29, 1.82) is 5.41 Å². The predicted molar refractivity (Wildman–Crippen MR) is 41.4 cm³/mol. The molecule has 0 saturated carbocycles. The molecule has 9 heavy (non-hydrogen) atoms. The van der Waals surface area contributed by atoms with E-state index in [-0.39, 0.29) is 12.4 Å². The minimum Gasteiger partial charge on any atom is -0.374 e. The Balaban J connectivity index is 0.000000640. The topological polar surface area (TPSA) is 35.9 Å². The van der Waals surface area contributed by atoms with Gasteiger partial charge in [-0.25, -0.2) is 0 Å². The summed E-state index contributed by atoms with van der Waals surface area (Å²) in [6, 6.07) is 0. The summed E-state index contributed by atoms with van der Waals surface area (Å²) in [5.74, 6) is 1.44. The fourth-order valence-corrected chi connectivity index (χ4v) is 0.992. The average Bonchev–Trinajstić information content (AvgIpc) is 1.64.